The molecule has 0 aromatic heterocycles. The molecule has 4 rings (SSSR count). The molecule has 4 aromatic carbocycles. The third-order valence-corrected chi connectivity index (χ3v) is 7.19. The summed E-state index contributed by atoms with van der Waals surface area (Å²) in [6.45, 7) is 3.55. The van der Waals surface area contributed by atoms with Crippen LogP contribution in [0.2, 0.25) is 0 Å². The van der Waals surface area contributed by atoms with Gasteiger partial charge in [0.05, 0.1) is 5.25 Å². The van der Waals surface area contributed by atoms with Gasteiger partial charge in [-0.1, -0.05) is 49.4 Å². The van der Waals surface area contributed by atoms with Crippen molar-refractivity contribution in [2.24, 2.45) is 0 Å². The summed E-state index contributed by atoms with van der Waals surface area (Å²) in [6, 6.07) is 28.9. The maximum atomic E-state index is 13.1. The van der Waals surface area contributed by atoms with Gasteiger partial charge in [-0.25, -0.2) is 0 Å². The van der Waals surface area contributed by atoms with E-state index in [0.29, 0.717) is 17.1 Å². The second-order valence-corrected chi connectivity index (χ2v) is 9.96. The first-order valence-electron chi connectivity index (χ1n) is 11.7. The third kappa shape index (κ3) is 6.50. The molecule has 0 heterocycles. The van der Waals surface area contributed by atoms with Gasteiger partial charge in [0.25, 0.3) is 0 Å². The van der Waals surface area contributed by atoms with E-state index < -0.39 is 0 Å². The average molecular weight is 514 g/mol. The van der Waals surface area contributed by atoms with Crippen LogP contribution < -0.4 is 16.0 Å². The maximum absolute atomic E-state index is 13.1. The first kappa shape index (κ1) is 25.4. The number of carbonyl (C=O) groups excluding carboxylic acids is 2. The number of carbonyl (C=O) groups is 2. The highest BCUT2D eigenvalue weighted by Crippen LogP contribution is 2.30. The zero-order chi connectivity index (χ0) is 25.5. The van der Waals surface area contributed by atoms with Crippen LogP contribution in [0.4, 0.5) is 17.1 Å². The van der Waals surface area contributed by atoms with Crippen LogP contribution in [0.25, 0.3) is 10.8 Å². The van der Waals surface area contributed by atoms with Crippen LogP contribution in [0.5, 0.6) is 0 Å². The Morgan fingerprint density at radius 3 is 2.28 bits per heavy atom. The zero-order valence-electron chi connectivity index (χ0n) is 20.1. The topological polar surface area (TPSA) is 70.2 Å². The molecule has 0 aliphatic carbocycles. The minimum absolute atomic E-state index is 0.0211. The summed E-state index contributed by atoms with van der Waals surface area (Å²) in [7, 11) is 0. The van der Waals surface area contributed by atoms with Crippen molar-refractivity contribution < 1.29 is 9.59 Å². The van der Waals surface area contributed by atoms with E-state index in [2.05, 4.69) is 16.0 Å². The molecule has 0 spiro atoms. The Kier molecular flexibility index (Phi) is 8.36. The van der Waals surface area contributed by atoms with Gasteiger partial charge in [-0.2, -0.15) is 0 Å². The van der Waals surface area contributed by atoms with Gasteiger partial charge in [0.1, 0.15) is 0 Å². The lowest BCUT2D eigenvalue weighted by Crippen LogP contribution is -2.24. The second-order valence-electron chi connectivity index (χ2n) is 8.27. The Bertz CT molecular complexity index is 1400. The summed E-state index contributed by atoms with van der Waals surface area (Å²) in [5, 5.41) is 11.7. The molecule has 0 fully saturated rings. The number of nitrogens with one attached hydrogen (secondary N) is 3. The number of hydrogen-bond acceptors (Lipinski definition) is 4. The SMILES string of the molecule is CCC(Sc1cccc(NC(=S)Nc2ccc(C(C)=O)cc2)c1)C(=O)Nc1cccc2ccccc12. The average Bonchev–Trinajstić information content (AvgIpc) is 2.88. The number of Topliss-reactive ketones (excluding diaryl/α,β-unsaturated/α-hetero) is 1. The molecule has 1 atom stereocenters. The lowest BCUT2D eigenvalue weighted by atomic mass is 10.1. The summed E-state index contributed by atoms with van der Waals surface area (Å²) >= 11 is 6.97. The molecule has 0 saturated heterocycles. The highest BCUT2D eigenvalue weighted by atomic mass is 32.2. The number of anilines is 3. The molecule has 1 amide bonds. The van der Waals surface area contributed by atoms with Gasteiger partial charge in [-0.05, 0) is 79.5 Å². The zero-order valence-corrected chi connectivity index (χ0v) is 21.7. The van der Waals surface area contributed by atoms with Gasteiger partial charge in [-0.3, -0.25) is 9.59 Å². The summed E-state index contributed by atoms with van der Waals surface area (Å²) in [5.74, 6) is -0.00355. The smallest absolute Gasteiger partial charge is 0.237 e. The van der Waals surface area contributed by atoms with Crippen molar-refractivity contribution in [3.63, 3.8) is 0 Å². The van der Waals surface area contributed by atoms with Gasteiger partial charge in [0, 0.05) is 32.9 Å². The van der Waals surface area contributed by atoms with Crippen LogP contribution in [0.3, 0.4) is 0 Å². The Labute approximate surface area is 220 Å². The van der Waals surface area contributed by atoms with Crippen molar-refractivity contribution in [2.45, 2.75) is 30.4 Å². The van der Waals surface area contributed by atoms with E-state index >= 15 is 0 Å². The standard InChI is InChI=1S/C29H27N3O2S2/c1-3-27(28(34)32-26-13-6-9-21-8-4-5-12-25(21)26)36-24-11-7-10-23(18-24)31-29(35)30-22-16-14-20(15-17-22)19(2)33/h4-18,27H,3H2,1-2H3,(H,32,34)(H2,30,31,35). The Hall–Kier alpha value is -3.68. The minimum Gasteiger partial charge on any atom is -0.332 e. The molecule has 0 bridgehead atoms. The van der Waals surface area contributed by atoms with Crippen LogP contribution in [0, 0.1) is 0 Å². The Balaban J connectivity index is 1.39. The molecule has 7 heteroatoms. The molecule has 4 aromatic rings. The third-order valence-electron chi connectivity index (χ3n) is 5.63. The van der Waals surface area contributed by atoms with Crippen molar-refractivity contribution in [3.05, 3.63) is 96.6 Å². The number of thioether (sulfide) groups is 1. The summed E-state index contributed by atoms with van der Waals surface area (Å²) in [6.07, 6.45) is 0.690. The molecule has 0 saturated carbocycles. The first-order valence-corrected chi connectivity index (χ1v) is 13.0. The molecule has 0 aliphatic rings. The number of ketones is 1. The van der Waals surface area contributed by atoms with E-state index in [1.54, 1.807) is 12.1 Å². The van der Waals surface area contributed by atoms with Crippen LogP contribution >= 0.6 is 24.0 Å². The fourth-order valence-corrected chi connectivity index (χ4v) is 5.01. The first-order chi connectivity index (χ1) is 17.4. The molecule has 182 valence electrons. The molecule has 0 radical (unpaired) electrons. The summed E-state index contributed by atoms with van der Waals surface area (Å²) < 4.78 is 0. The van der Waals surface area contributed by atoms with E-state index in [1.165, 1.54) is 18.7 Å². The van der Waals surface area contributed by atoms with Crippen molar-refractivity contribution in [3.8, 4) is 0 Å². The molecule has 3 N–H and O–H groups in total. The van der Waals surface area contributed by atoms with Crippen LogP contribution in [-0.4, -0.2) is 22.1 Å². The number of rotatable bonds is 8. The quantitative estimate of drug-likeness (QED) is 0.130. The van der Waals surface area contributed by atoms with Crippen LogP contribution in [0.15, 0.2) is 95.9 Å². The Morgan fingerprint density at radius 1 is 0.833 bits per heavy atom. The number of hydrogen-bond donors (Lipinski definition) is 3. The highest BCUT2D eigenvalue weighted by Gasteiger charge is 2.19. The number of fused-ring (bicyclic) bond motifs is 1. The molecule has 0 aliphatic heterocycles. The monoisotopic (exact) mass is 513 g/mol. The molecule has 36 heavy (non-hydrogen) atoms. The molecular formula is C29H27N3O2S2. The van der Waals surface area contributed by atoms with Crippen LogP contribution in [0.1, 0.15) is 30.6 Å². The van der Waals surface area contributed by atoms with Crippen molar-refractivity contribution in [2.75, 3.05) is 16.0 Å². The van der Waals surface area contributed by atoms with E-state index in [4.69, 9.17) is 12.2 Å². The van der Waals surface area contributed by atoms with Gasteiger partial charge in [0.15, 0.2) is 10.9 Å². The van der Waals surface area contributed by atoms with Gasteiger partial charge in [-0.15, -0.1) is 11.8 Å². The number of amides is 1. The maximum Gasteiger partial charge on any atom is 0.237 e. The van der Waals surface area contributed by atoms with E-state index in [9.17, 15) is 9.59 Å². The lowest BCUT2D eigenvalue weighted by Gasteiger charge is -2.17. The van der Waals surface area contributed by atoms with Crippen LogP contribution in [-0.2, 0) is 4.79 Å². The second kappa shape index (κ2) is 11.8. The van der Waals surface area contributed by atoms with E-state index in [0.717, 1.165) is 32.7 Å². The van der Waals surface area contributed by atoms with Gasteiger partial charge < -0.3 is 16.0 Å². The normalized spacial score (nSPS) is 11.5. The molecule has 1 unspecified atom stereocenters. The van der Waals surface area contributed by atoms with Crippen molar-refractivity contribution in [1.82, 2.24) is 0 Å². The summed E-state index contributed by atoms with van der Waals surface area (Å²) in [4.78, 5) is 25.5. The van der Waals surface area contributed by atoms with E-state index in [1.807, 2.05) is 85.8 Å². The molecular weight excluding hydrogens is 486 g/mol. The minimum atomic E-state index is -0.246. The summed E-state index contributed by atoms with van der Waals surface area (Å²) in [5.41, 5.74) is 3.08. The highest BCUT2D eigenvalue weighted by molar-refractivity contribution is 8.00. The molecule has 5 nitrogen and oxygen atoms in total. The number of benzene rings is 4. The predicted octanol–water partition coefficient (Wildman–Crippen LogP) is 7.36. The van der Waals surface area contributed by atoms with Gasteiger partial charge >= 0.3 is 0 Å². The van der Waals surface area contributed by atoms with Crippen molar-refractivity contribution >= 4 is 68.6 Å². The fraction of sp³-hybridized carbons (Fsp3) is 0.138. The van der Waals surface area contributed by atoms with Gasteiger partial charge in [0.2, 0.25) is 5.91 Å². The lowest BCUT2D eigenvalue weighted by molar-refractivity contribution is -0.115. The van der Waals surface area contributed by atoms with Crippen molar-refractivity contribution in [1.29, 1.82) is 0 Å². The Morgan fingerprint density at radius 2 is 1.53 bits per heavy atom. The predicted molar refractivity (Wildman–Crippen MR) is 155 cm³/mol. The number of thiocarbonyl (C=S) groups is 1. The fourth-order valence-electron chi connectivity index (χ4n) is 3.76. The van der Waals surface area contributed by atoms with E-state index in [-0.39, 0.29) is 16.9 Å². The largest absolute Gasteiger partial charge is 0.332 e.